The number of piperidine rings is 1. The van der Waals surface area contributed by atoms with E-state index in [2.05, 4.69) is 0 Å². The molecule has 1 fully saturated rings. The van der Waals surface area contributed by atoms with Crippen LogP contribution in [0.5, 0.6) is 11.5 Å². The number of hydrogen-bond acceptors (Lipinski definition) is 4. The zero-order valence-corrected chi connectivity index (χ0v) is 18.1. The first-order valence-electron chi connectivity index (χ1n) is 10.1. The largest absolute Gasteiger partial charge is 0.497 e. The number of benzene rings is 2. The Hall–Kier alpha value is -3.23. The molecular weight excluding hydrogens is 425 g/mol. The van der Waals surface area contributed by atoms with E-state index < -0.39 is 30.6 Å². The Morgan fingerprint density at radius 1 is 1.09 bits per heavy atom. The van der Waals surface area contributed by atoms with Crippen molar-refractivity contribution in [2.75, 3.05) is 32.7 Å². The van der Waals surface area contributed by atoms with Crippen LogP contribution in [-0.2, 0) is 9.59 Å². The van der Waals surface area contributed by atoms with Gasteiger partial charge in [0.15, 0.2) is 0 Å². The first-order chi connectivity index (χ1) is 15.2. The molecule has 1 saturated heterocycles. The van der Waals surface area contributed by atoms with E-state index in [0.717, 1.165) is 7.05 Å². The Labute approximate surface area is 184 Å². The van der Waals surface area contributed by atoms with Crippen molar-refractivity contribution in [3.8, 4) is 11.5 Å². The maximum atomic E-state index is 13.2. The molecule has 0 N–H and O–H groups in total. The summed E-state index contributed by atoms with van der Waals surface area (Å²) < 4.78 is 49.5. The van der Waals surface area contributed by atoms with Gasteiger partial charge in [0, 0.05) is 24.7 Å². The summed E-state index contributed by atoms with van der Waals surface area (Å²) in [5.74, 6) is -0.747. The fourth-order valence-corrected chi connectivity index (χ4v) is 4.09. The molecule has 3 rings (SSSR count). The van der Waals surface area contributed by atoms with E-state index in [-0.39, 0.29) is 18.7 Å². The number of ether oxygens (including phenoxy) is 2. The summed E-state index contributed by atoms with van der Waals surface area (Å²) in [4.78, 5) is 28.4. The Balaban J connectivity index is 2.09. The second-order valence-electron chi connectivity index (χ2n) is 7.60. The molecule has 2 aromatic carbocycles. The minimum Gasteiger partial charge on any atom is -0.497 e. The number of methoxy groups -OCH3 is 2. The van der Waals surface area contributed by atoms with Gasteiger partial charge in [-0.25, -0.2) is 0 Å². The number of halogens is 3. The number of hydrogen-bond donors (Lipinski definition) is 0. The van der Waals surface area contributed by atoms with Crippen LogP contribution in [0.25, 0.3) is 0 Å². The Morgan fingerprint density at radius 3 is 2.34 bits per heavy atom. The van der Waals surface area contributed by atoms with Gasteiger partial charge >= 0.3 is 6.18 Å². The Kier molecular flexibility index (Phi) is 6.96. The molecule has 0 radical (unpaired) electrons. The van der Waals surface area contributed by atoms with Gasteiger partial charge in [0.25, 0.3) is 0 Å². The highest BCUT2D eigenvalue weighted by molar-refractivity contribution is 5.97. The highest BCUT2D eigenvalue weighted by atomic mass is 19.4. The minimum absolute atomic E-state index is 0.0357. The highest BCUT2D eigenvalue weighted by Gasteiger charge is 2.44. The van der Waals surface area contributed by atoms with Crippen molar-refractivity contribution >= 4 is 17.5 Å². The normalized spacial score (nSPS) is 18.9. The smallest absolute Gasteiger partial charge is 0.406 e. The summed E-state index contributed by atoms with van der Waals surface area (Å²) in [7, 11) is 4.11. The van der Waals surface area contributed by atoms with E-state index in [1.807, 2.05) is 0 Å². The van der Waals surface area contributed by atoms with Gasteiger partial charge in [0.2, 0.25) is 11.8 Å². The molecule has 2 aromatic rings. The molecule has 1 aliphatic heterocycles. The average Bonchev–Trinajstić information content (AvgIpc) is 2.77. The predicted octanol–water partition coefficient (Wildman–Crippen LogP) is 4.21. The number of amides is 2. The van der Waals surface area contributed by atoms with Gasteiger partial charge in [0.05, 0.1) is 26.2 Å². The van der Waals surface area contributed by atoms with E-state index >= 15 is 0 Å². The van der Waals surface area contributed by atoms with Crippen molar-refractivity contribution < 1.29 is 32.2 Å². The minimum atomic E-state index is -4.52. The number of rotatable bonds is 6. The van der Waals surface area contributed by atoms with Crippen molar-refractivity contribution in [2.24, 2.45) is 5.92 Å². The van der Waals surface area contributed by atoms with Crippen LogP contribution >= 0.6 is 0 Å². The molecule has 1 aliphatic rings. The monoisotopic (exact) mass is 450 g/mol. The fraction of sp³-hybridized carbons (Fsp3) is 0.391. The predicted molar refractivity (Wildman–Crippen MR) is 113 cm³/mol. The molecule has 2 amide bonds. The van der Waals surface area contributed by atoms with E-state index in [4.69, 9.17) is 9.47 Å². The van der Waals surface area contributed by atoms with Crippen LogP contribution in [0.4, 0.5) is 18.9 Å². The van der Waals surface area contributed by atoms with E-state index in [1.54, 1.807) is 48.5 Å². The summed E-state index contributed by atoms with van der Waals surface area (Å²) in [5.41, 5.74) is 1.07. The Morgan fingerprint density at radius 2 is 1.75 bits per heavy atom. The van der Waals surface area contributed by atoms with E-state index in [9.17, 15) is 22.8 Å². The summed E-state index contributed by atoms with van der Waals surface area (Å²) in [6.07, 6.45) is -4.35. The third kappa shape index (κ3) is 4.98. The topological polar surface area (TPSA) is 59.1 Å². The molecule has 0 bridgehead atoms. The molecular formula is C23H25F3N2O4. The fourth-order valence-electron chi connectivity index (χ4n) is 4.09. The van der Waals surface area contributed by atoms with Crippen molar-refractivity contribution in [3.05, 3.63) is 54.1 Å². The lowest BCUT2D eigenvalue weighted by atomic mass is 9.82. The summed E-state index contributed by atoms with van der Waals surface area (Å²) in [5, 5.41) is 0. The van der Waals surface area contributed by atoms with Gasteiger partial charge < -0.3 is 19.3 Å². The molecule has 0 aliphatic carbocycles. The van der Waals surface area contributed by atoms with Gasteiger partial charge in [0.1, 0.15) is 18.0 Å². The van der Waals surface area contributed by atoms with Gasteiger partial charge in [-0.1, -0.05) is 18.2 Å². The maximum Gasteiger partial charge on any atom is 0.406 e. The van der Waals surface area contributed by atoms with Crippen LogP contribution in [0.1, 0.15) is 24.4 Å². The van der Waals surface area contributed by atoms with Crippen molar-refractivity contribution in [1.82, 2.24) is 4.90 Å². The molecule has 2 unspecified atom stereocenters. The average molecular weight is 450 g/mol. The number of para-hydroxylation sites is 1. The SMILES string of the molecule is COc1ccc(N2C(=O)CCC(C(=O)N(C)CC(F)(F)F)C2c2ccccc2OC)cc1. The summed E-state index contributed by atoms with van der Waals surface area (Å²) >= 11 is 0. The zero-order valence-electron chi connectivity index (χ0n) is 18.1. The Bertz CT molecular complexity index is 962. The van der Waals surface area contributed by atoms with E-state index in [1.165, 1.54) is 19.1 Å². The maximum absolute atomic E-state index is 13.2. The van der Waals surface area contributed by atoms with Crippen LogP contribution in [-0.4, -0.2) is 50.7 Å². The number of alkyl halides is 3. The summed E-state index contributed by atoms with van der Waals surface area (Å²) in [6.45, 7) is -1.36. The molecule has 9 heteroatoms. The van der Waals surface area contributed by atoms with Crippen molar-refractivity contribution in [3.63, 3.8) is 0 Å². The number of carbonyl (C=O) groups is 2. The molecule has 0 spiro atoms. The first-order valence-corrected chi connectivity index (χ1v) is 10.1. The number of carbonyl (C=O) groups excluding carboxylic acids is 2. The van der Waals surface area contributed by atoms with Crippen LogP contribution in [0.2, 0.25) is 0 Å². The summed E-state index contributed by atoms with van der Waals surface area (Å²) in [6, 6.07) is 12.8. The van der Waals surface area contributed by atoms with Gasteiger partial charge in [-0.05, 0) is 36.8 Å². The molecule has 1 heterocycles. The third-order valence-corrected chi connectivity index (χ3v) is 5.52. The van der Waals surface area contributed by atoms with Crippen molar-refractivity contribution in [1.29, 1.82) is 0 Å². The van der Waals surface area contributed by atoms with Crippen molar-refractivity contribution in [2.45, 2.75) is 25.1 Å². The van der Waals surface area contributed by atoms with Gasteiger partial charge in [-0.2, -0.15) is 13.2 Å². The second-order valence-corrected chi connectivity index (χ2v) is 7.60. The molecule has 0 saturated carbocycles. The number of anilines is 1. The van der Waals surface area contributed by atoms with E-state index in [0.29, 0.717) is 27.6 Å². The quantitative estimate of drug-likeness (QED) is 0.662. The lowest BCUT2D eigenvalue weighted by Gasteiger charge is -2.42. The van der Waals surface area contributed by atoms with Gasteiger partial charge in [-0.3, -0.25) is 9.59 Å². The molecule has 2 atom stereocenters. The van der Waals surface area contributed by atoms with Crippen LogP contribution in [0.3, 0.4) is 0 Å². The van der Waals surface area contributed by atoms with Crippen LogP contribution in [0.15, 0.2) is 48.5 Å². The second kappa shape index (κ2) is 9.50. The van der Waals surface area contributed by atoms with Crippen LogP contribution in [0, 0.1) is 5.92 Å². The van der Waals surface area contributed by atoms with Crippen LogP contribution < -0.4 is 14.4 Å². The van der Waals surface area contributed by atoms with Gasteiger partial charge in [-0.15, -0.1) is 0 Å². The zero-order chi connectivity index (χ0) is 23.5. The highest BCUT2D eigenvalue weighted by Crippen LogP contribution is 2.44. The third-order valence-electron chi connectivity index (χ3n) is 5.52. The lowest BCUT2D eigenvalue weighted by molar-refractivity contribution is -0.162. The first kappa shape index (κ1) is 23.4. The lowest BCUT2D eigenvalue weighted by Crippen LogP contribution is -2.50. The molecule has 6 nitrogen and oxygen atoms in total. The standard InChI is InChI=1S/C23H25F3N2O4/c1-27(14-23(24,25)26)22(30)18-12-13-20(29)28(15-8-10-16(31-2)11-9-15)21(18)17-6-4-5-7-19(17)32-3/h4-11,18,21H,12-14H2,1-3H3. The molecule has 32 heavy (non-hydrogen) atoms. The molecule has 172 valence electrons. The molecule has 0 aromatic heterocycles. The number of nitrogens with zero attached hydrogens (tertiary/aromatic N) is 2.